The number of aromatic nitrogens is 2. The predicted molar refractivity (Wildman–Crippen MR) is 58.3 cm³/mol. The van der Waals surface area contributed by atoms with Crippen molar-refractivity contribution in [3.8, 4) is 0 Å². The largest absolute Gasteiger partial charge is 0.347 e. The van der Waals surface area contributed by atoms with Gasteiger partial charge >= 0.3 is 0 Å². The van der Waals surface area contributed by atoms with Gasteiger partial charge in [0, 0.05) is 19.1 Å². The molecule has 0 radical (unpaired) electrons. The molecular weight excluding hydrogens is 236 g/mol. The fraction of sp³-hybridized carbons (Fsp3) is 0.625. The van der Waals surface area contributed by atoms with Gasteiger partial charge in [-0.25, -0.2) is 0 Å². The Kier molecular flexibility index (Phi) is 2.90. The predicted octanol–water partition coefficient (Wildman–Crippen LogP) is -0.0925. The van der Waals surface area contributed by atoms with E-state index in [4.69, 9.17) is 0 Å². The first-order valence-corrected chi connectivity index (χ1v) is 5.38. The van der Waals surface area contributed by atoms with Gasteiger partial charge in [0.2, 0.25) is 0 Å². The number of carbonyl (C=O) groups excluding carboxylic acids is 1. The molecule has 1 aliphatic heterocycles. The second kappa shape index (κ2) is 4.03. The molecule has 2 atom stereocenters. The molecule has 1 saturated carbocycles. The minimum Gasteiger partial charge on any atom is -0.347 e. The summed E-state index contributed by atoms with van der Waals surface area (Å²) in [6, 6.07) is 0.366. The summed E-state index contributed by atoms with van der Waals surface area (Å²) in [6.07, 6.45) is 1.51. The summed E-state index contributed by atoms with van der Waals surface area (Å²) in [4.78, 5) is 11.6. The van der Waals surface area contributed by atoms with Gasteiger partial charge in [0.15, 0.2) is 5.69 Å². The smallest absolute Gasteiger partial charge is 0.272 e. The van der Waals surface area contributed by atoms with Gasteiger partial charge < -0.3 is 10.6 Å². The topological polar surface area (TPSA) is 66.9 Å². The molecule has 15 heavy (non-hydrogen) atoms. The van der Waals surface area contributed by atoms with E-state index in [1.54, 1.807) is 0 Å². The number of amides is 1. The van der Waals surface area contributed by atoms with E-state index in [0.29, 0.717) is 23.6 Å². The molecule has 5 nitrogen and oxygen atoms in total. The molecule has 1 saturated heterocycles. The van der Waals surface area contributed by atoms with E-state index < -0.39 is 0 Å². The molecule has 2 aliphatic rings. The second-order valence-corrected chi connectivity index (χ2v) is 4.33. The third kappa shape index (κ3) is 1.84. The van der Waals surface area contributed by atoms with Crippen LogP contribution < -0.4 is 10.6 Å². The lowest BCUT2D eigenvalue weighted by Gasteiger charge is -2.05. The molecule has 0 aromatic carbocycles. The van der Waals surface area contributed by atoms with Crippen LogP contribution in [0.1, 0.15) is 10.5 Å². The third-order valence-corrected chi connectivity index (χ3v) is 3.46. The molecule has 0 bridgehead atoms. The van der Waals surface area contributed by atoms with E-state index in [-0.39, 0.29) is 18.3 Å². The maximum atomic E-state index is 11.6. The van der Waals surface area contributed by atoms with Crippen molar-refractivity contribution in [3.05, 3.63) is 11.9 Å². The monoisotopic (exact) mass is 246 g/mol. The highest BCUT2D eigenvalue weighted by Crippen LogP contribution is 2.41. The molecule has 1 aromatic rings. The normalized spacial score (nSPS) is 31.6. The molecule has 2 heterocycles. The van der Waals surface area contributed by atoms with Crippen molar-refractivity contribution in [1.29, 1.82) is 0 Å². The molecule has 82 valence electrons. The summed E-state index contributed by atoms with van der Waals surface area (Å²) < 4.78 is 7.69. The number of nitrogens with one attached hydrogen (secondary N) is 2. The summed E-state index contributed by atoms with van der Waals surface area (Å²) in [5, 5.41) is 6.27. The molecular formula is C8H11ClN4OS. The van der Waals surface area contributed by atoms with Crippen LogP contribution in [0.4, 0.5) is 0 Å². The van der Waals surface area contributed by atoms with Crippen molar-refractivity contribution < 1.29 is 4.79 Å². The Hall–Kier alpha value is -0.720. The zero-order chi connectivity index (χ0) is 9.54. The van der Waals surface area contributed by atoms with E-state index in [0.717, 1.165) is 24.8 Å². The zero-order valence-electron chi connectivity index (χ0n) is 7.84. The van der Waals surface area contributed by atoms with E-state index in [2.05, 4.69) is 19.4 Å². The van der Waals surface area contributed by atoms with Crippen LogP contribution in [-0.2, 0) is 0 Å². The van der Waals surface area contributed by atoms with Crippen LogP contribution in [0.2, 0.25) is 0 Å². The number of hydrogen-bond acceptors (Lipinski definition) is 5. The Morgan fingerprint density at radius 1 is 1.53 bits per heavy atom. The van der Waals surface area contributed by atoms with Gasteiger partial charge in [-0.15, -0.1) is 12.4 Å². The van der Waals surface area contributed by atoms with Gasteiger partial charge in [-0.1, -0.05) is 0 Å². The van der Waals surface area contributed by atoms with E-state index >= 15 is 0 Å². The Bertz CT molecular complexity index is 348. The number of carbonyl (C=O) groups is 1. The van der Waals surface area contributed by atoms with Gasteiger partial charge in [0.1, 0.15) is 0 Å². The Morgan fingerprint density at radius 2 is 2.27 bits per heavy atom. The molecule has 2 N–H and O–H groups in total. The maximum Gasteiger partial charge on any atom is 0.272 e. The van der Waals surface area contributed by atoms with Crippen LogP contribution in [0.3, 0.4) is 0 Å². The molecule has 2 unspecified atom stereocenters. The van der Waals surface area contributed by atoms with Gasteiger partial charge in [0.05, 0.1) is 17.9 Å². The zero-order valence-corrected chi connectivity index (χ0v) is 9.48. The van der Waals surface area contributed by atoms with Crippen LogP contribution in [-0.4, -0.2) is 33.8 Å². The highest BCUT2D eigenvalue weighted by atomic mass is 35.5. The second-order valence-electron chi connectivity index (χ2n) is 3.78. The molecule has 1 aromatic heterocycles. The van der Waals surface area contributed by atoms with Crippen molar-refractivity contribution in [2.45, 2.75) is 6.04 Å². The number of fused-ring (bicyclic) bond motifs is 1. The van der Waals surface area contributed by atoms with Gasteiger partial charge in [-0.3, -0.25) is 4.79 Å². The third-order valence-electron chi connectivity index (χ3n) is 2.98. The van der Waals surface area contributed by atoms with Crippen molar-refractivity contribution >= 4 is 30.0 Å². The fourth-order valence-corrected chi connectivity index (χ4v) is 2.53. The summed E-state index contributed by atoms with van der Waals surface area (Å²) in [5.74, 6) is 1.20. The van der Waals surface area contributed by atoms with E-state index in [1.807, 2.05) is 0 Å². The van der Waals surface area contributed by atoms with Gasteiger partial charge in [-0.2, -0.15) is 8.75 Å². The number of nitrogens with zero attached hydrogens (tertiary/aromatic N) is 2. The number of halogens is 1. The molecule has 1 amide bonds. The van der Waals surface area contributed by atoms with Crippen LogP contribution in [0, 0.1) is 11.8 Å². The average molecular weight is 247 g/mol. The summed E-state index contributed by atoms with van der Waals surface area (Å²) >= 11 is 1.06. The molecule has 7 heteroatoms. The van der Waals surface area contributed by atoms with Crippen LogP contribution >= 0.6 is 24.1 Å². The Morgan fingerprint density at radius 3 is 2.87 bits per heavy atom. The maximum absolute atomic E-state index is 11.6. The quantitative estimate of drug-likeness (QED) is 0.765. The van der Waals surface area contributed by atoms with Gasteiger partial charge in [0.25, 0.3) is 5.91 Å². The van der Waals surface area contributed by atoms with Gasteiger partial charge in [-0.05, 0) is 11.8 Å². The SMILES string of the molecule is Cl.O=C(NC1C2CNCC21)c1cnsn1. The number of rotatable bonds is 2. The lowest BCUT2D eigenvalue weighted by Crippen LogP contribution is -2.32. The highest BCUT2D eigenvalue weighted by molar-refractivity contribution is 6.99. The standard InChI is InChI=1S/C8H10N4OS.ClH/c13-8(6-3-10-14-12-6)11-7-4-1-9-2-5(4)7;/h3-5,7,9H,1-2H2,(H,11,13);1H. The minimum atomic E-state index is -0.0850. The van der Waals surface area contributed by atoms with Crippen LogP contribution in [0.5, 0.6) is 0 Å². The van der Waals surface area contributed by atoms with Crippen molar-refractivity contribution in [2.75, 3.05) is 13.1 Å². The fourth-order valence-electron chi connectivity index (χ4n) is 2.12. The van der Waals surface area contributed by atoms with E-state index in [9.17, 15) is 4.79 Å². The van der Waals surface area contributed by atoms with Crippen LogP contribution in [0.15, 0.2) is 6.20 Å². The highest BCUT2D eigenvalue weighted by Gasteiger charge is 2.53. The molecule has 2 fully saturated rings. The lowest BCUT2D eigenvalue weighted by molar-refractivity contribution is 0.0942. The molecule has 3 rings (SSSR count). The van der Waals surface area contributed by atoms with Crippen molar-refractivity contribution in [2.24, 2.45) is 11.8 Å². The summed E-state index contributed by atoms with van der Waals surface area (Å²) in [6.45, 7) is 2.07. The van der Waals surface area contributed by atoms with Crippen molar-refractivity contribution in [1.82, 2.24) is 19.4 Å². The first-order valence-electron chi connectivity index (χ1n) is 4.65. The Balaban J connectivity index is 0.000000853. The summed E-state index contributed by atoms with van der Waals surface area (Å²) in [7, 11) is 0. The first-order chi connectivity index (χ1) is 6.86. The number of hydrogen-bond donors (Lipinski definition) is 2. The Labute approximate surface area is 97.4 Å². The molecule has 1 aliphatic carbocycles. The average Bonchev–Trinajstić information content (AvgIpc) is 2.75. The van der Waals surface area contributed by atoms with Crippen LogP contribution in [0.25, 0.3) is 0 Å². The lowest BCUT2D eigenvalue weighted by atomic mass is 10.4. The first kappa shape index (κ1) is 10.8. The van der Waals surface area contributed by atoms with Crippen molar-refractivity contribution in [3.63, 3.8) is 0 Å². The minimum absolute atomic E-state index is 0. The summed E-state index contributed by atoms with van der Waals surface area (Å²) in [5.41, 5.74) is 0.438. The molecule has 0 spiro atoms. The number of piperidine rings is 1. The van der Waals surface area contributed by atoms with E-state index in [1.165, 1.54) is 6.20 Å².